The number of hydrogen-bond donors (Lipinski definition) is 2. The second-order valence-electron chi connectivity index (χ2n) is 4.38. The number of aromatic nitrogens is 3. The van der Waals surface area contributed by atoms with Gasteiger partial charge in [-0.3, -0.25) is 9.99 Å². The van der Waals surface area contributed by atoms with Gasteiger partial charge in [-0.1, -0.05) is 18.2 Å². The van der Waals surface area contributed by atoms with Crippen molar-refractivity contribution in [3.63, 3.8) is 0 Å². The molecule has 0 bridgehead atoms. The van der Waals surface area contributed by atoms with Crippen LogP contribution in [0.2, 0.25) is 0 Å². The van der Waals surface area contributed by atoms with Gasteiger partial charge in [0.1, 0.15) is 0 Å². The molecule has 1 fully saturated rings. The molecule has 3 rings (SSSR count). The first-order valence-electron chi connectivity index (χ1n) is 6.23. The molecule has 1 aliphatic heterocycles. The van der Waals surface area contributed by atoms with Crippen LogP contribution in [0.15, 0.2) is 39.9 Å². The van der Waals surface area contributed by atoms with Crippen molar-refractivity contribution in [3.8, 4) is 5.69 Å². The van der Waals surface area contributed by atoms with E-state index < -0.39 is 11.4 Å². The van der Waals surface area contributed by atoms with Crippen molar-refractivity contribution >= 4 is 0 Å². The molecule has 0 atom stereocenters. The highest BCUT2D eigenvalue weighted by molar-refractivity contribution is 5.29. The third-order valence-corrected chi connectivity index (χ3v) is 3.14. The maximum Gasteiger partial charge on any atom is 0.364 e. The van der Waals surface area contributed by atoms with Crippen molar-refractivity contribution in [2.24, 2.45) is 0 Å². The van der Waals surface area contributed by atoms with Gasteiger partial charge in [0.05, 0.1) is 5.69 Å². The molecule has 2 aromatic rings. The summed E-state index contributed by atoms with van der Waals surface area (Å²) in [4.78, 5) is 27.6. The van der Waals surface area contributed by atoms with Crippen LogP contribution < -0.4 is 21.7 Å². The number of benzene rings is 1. The summed E-state index contributed by atoms with van der Waals surface area (Å²) in [7, 11) is 0. The lowest BCUT2D eigenvalue weighted by Gasteiger charge is -2.30. The first-order chi connectivity index (χ1) is 9.27. The lowest BCUT2D eigenvalue weighted by atomic mass is 10.3. The molecule has 0 unspecified atom stereocenters. The number of rotatable bonds is 2. The second kappa shape index (κ2) is 4.77. The summed E-state index contributed by atoms with van der Waals surface area (Å²) in [6, 6.07) is 9.14. The lowest BCUT2D eigenvalue weighted by Crippen LogP contribution is -2.54. The molecule has 1 aromatic heterocycles. The SMILES string of the molecule is O=c1[nH]c(=O)n(N2CCNCC2)n1-c1ccccc1. The minimum absolute atomic E-state index is 0.407. The number of nitrogens with zero attached hydrogens (tertiary/aromatic N) is 3. The van der Waals surface area contributed by atoms with Gasteiger partial charge in [0.15, 0.2) is 0 Å². The van der Waals surface area contributed by atoms with Crippen LogP contribution >= 0.6 is 0 Å². The Hall–Kier alpha value is -2.28. The maximum absolute atomic E-state index is 12.0. The molecule has 1 aromatic carbocycles. The summed E-state index contributed by atoms with van der Waals surface area (Å²) in [5.74, 6) is 0. The Morgan fingerprint density at radius 3 is 2.32 bits per heavy atom. The Morgan fingerprint density at radius 1 is 0.947 bits per heavy atom. The number of nitrogens with one attached hydrogen (secondary N) is 2. The van der Waals surface area contributed by atoms with Crippen molar-refractivity contribution < 1.29 is 0 Å². The Balaban J connectivity index is 2.14. The van der Waals surface area contributed by atoms with E-state index in [1.54, 1.807) is 12.1 Å². The molecule has 0 saturated carbocycles. The molecule has 1 saturated heterocycles. The highest BCUT2D eigenvalue weighted by Gasteiger charge is 2.18. The van der Waals surface area contributed by atoms with E-state index in [1.807, 2.05) is 23.2 Å². The van der Waals surface area contributed by atoms with Gasteiger partial charge in [0.2, 0.25) is 0 Å². The molecule has 7 nitrogen and oxygen atoms in total. The summed E-state index contributed by atoms with van der Waals surface area (Å²) in [6.45, 7) is 2.95. The van der Waals surface area contributed by atoms with Crippen LogP contribution in [-0.4, -0.2) is 40.6 Å². The summed E-state index contributed by atoms with van der Waals surface area (Å²) >= 11 is 0. The summed E-state index contributed by atoms with van der Waals surface area (Å²) in [5, 5.41) is 5.08. The number of piperazine rings is 1. The average Bonchev–Trinajstić information content (AvgIpc) is 2.75. The number of hydrogen-bond acceptors (Lipinski definition) is 4. The minimum Gasteiger partial charge on any atom is -0.313 e. The van der Waals surface area contributed by atoms with Crippen molar-refractivity contribution in [1.29, 1.82) is 0 Å². The third kappa shape index (κ3) is 2.08. The first-order valence-corrected chi connectivity index (χ1v) is 6.23. The highest BCUT2D eigenvalue weighted by Crippen LogP contribution is 2.03. The van der Waals surface area contributed by atoms with Gasteiger partial charge in [-0.2, -0.15) is 4.68 Å². The fourth-order valence-electron chi connectivity index (χ4n) is 2.26. The van der Waals surface area contributed by atoms with Gasteiger partial charge in [0.25, 0.3) is 0 Å². The van der Waals surface area contributed by atoms with Crippen LogP contribution in [0.3, 0.4) is 0 Å². The van der Waals surface area contributed by atoms with Gasteiger partial charge in [0, 0.05) is 26.2 Å². The third-order valence-electron chi connectivity index (χ3n) is 3.14. The average molecular weight is 261 g/mol. The quantitative estimate of drug-likeness (QED) is 0.717. The van der Waals surface area contributed by atoms with Gasteiger partial charge < -0.3 is 5.32 Å². The molecule has 100 valence electrons. The minimum atomic E-state index is -0.422. The molecule has 2 heterocycles. The molecule has 0 amide bonds. The predicted molar refractivity (Wildman–Crippen MR) is 71.5 cm³/mol. The van der Waals surface area contributed by atoms with Crippen molar-refractivity contribution in [2.45, 2.75) is 0 Å². The molecular formula is C12H15N5O2. The summed E-state index contributed by atoms with van der Waals surface area (Å²) in [6.07, 6.45) is 0. The molecule has 0 radical (unpaired) electrons. The fraction of sp³-hybridized carbons (Fsp3) is 0.333. The van der Waals surface area contributed by atoms with Gasteiger partial charge >= 0.3 is 11.4 Å². The Labute approximate surface area is 109 Å². The highest BCUT2D eigenvalue weighted by atomic mass is 16.2. The molecule has 19 heavy (non-hydrogen) atoms. The smallest absolute Gasteiger partial charge is 0.313 e. The van der Waals surface area contributed by atoms with E-state index in [0.717, 1.165) is 13.1 Å². The van der Waals surface area contributed by atoms with Gasteiger partial charge in [-0.25, -0.2) is 9.59 Å². The van der Waals surface area contributed by atoms with Crippen LogP contribution in [0.4, 0.5) is 0 Å². The van der Waals surface area contributed by atoms with E-state index in [-0.39, 0.29) is 0 Å². The molecule has 7 heteroatoms. The van der Waals surface area contributed by atoms with E-state index in [4.69, 9.17) is 0 Å². The second-order valence-corrected chi connectivity index (χ2v) is 4.38. The largest absolute Gasteiger partial charge is 0.364 e. The monoisotopic (exact) mass is 261 g/mol. The fourth-order valence-corrected chi connectivity index (χ4v) is 2.26. The van der Waals surface area contributed by atoms with Crippen LogP contribution in [0.1, 0.15) is 0 Å². The Kier molecular flexibility index (Phi) is 2.96. The molecule has 1 aliphatic rings. The van der Waals surface area contributed by atoms with E-state index >= 15 is 0 Å². The van der Waals surface area contributed by atoms with E-state index in [2.05, 4.69) is 10.3 Å². The zero-order chi connectivity index (χ0) is 13.2. The zero-order valence-electron chi connectivity index (χ0n) is 10.4. The van der Waals surface area contributed by atoms with Crippen molar-refractivity contribution in [1.82, 2.24) is 19.8 Å². The maximum atomic E-state index is 12.0. The van der Waals surface area contributed by atoms with Crippen molar-refractivity contribution in [2.75, 3.05) is 31.2 Å². The molecule has 2 N–H and O–H groups in total. The van der Waals surface area contributed by atoms with E-state index in [1.165, 1.54) is 9.47 Å². The predicted octanol–water partition coefficient (Wildman–Crippen LogP) is -1.13. The topological polar surface area (TPSA) is 75.1 Å². The normalized spacial score (nSPS) is 15.7. The van der Waals surface area contributed by atoms with Crippen LogP contribution in [0.25, 0.3) is 5.69 Å². The van der Waals surface area contributed by atoms with Crippen LogP contribution in [0.5, 0.6) is 0 Å². The molecule has 0 aliphatic carbocycles. The summed E-state index contributed by atoms with van der Waals surface area (Å²) < 4.78 is 1.37. The van der Waals surface area contributed by atoms with Crippen molar-refractivity contribution in [3.05, 3.63) is 51.3 Å². The molecule has 0 spiro atoms. The zero-order valence-corrected chi connectivity index (χ0v) is 10.4. The Bertz CT molecular complexity index is 663. The van der Waals surface area contributed by atoms with Gasteiger partial charge in [-0.15, -0.1) is 4.79 Å². The Morgan fingerprint density at radius 2 is 1.63 bits per heavy atom. The van der Waals surface area contributed by atoms with Crippen LogP contribution in [-0.2, 0) is 0 Å². The number of H-pyrrole nitrogens is 1. The van der Waals surface area contributed by atoms with E-state index in [0.29, 0.717) is 18.8 Å². The number of para-hydroxylation sites is 1. The first kappa shape index (κ1) is 11.8. The van der Waals surface area contributed by atoms with Crippen LogP contribution in [0, 0.1) is 0 Å². The van der Waals surface area contributed by atoms with E-state index in [9.17, 15) is 9.59 Å². The summed E-state index contributed by atoms with van der Waals surface area (Å²) in [5.41, 5.74) is -0.158. The number of aromatic amines is 1. The lowest BCUT2D eigenvalue weighted by molar-refractivity contribution is 0.423. The standard InChI is InChI=1S/C12H15N5O2/c18-11-14-12(19)17(15-8-6-13-7-9-15)16(11)10-4-2-1-3-5-10/h1-5,13H,6-9H2,(H,14,18,19). The van der Waals surface area contributed by atoms with Gasteiger partial charge in [-0.05, 0) is 12.1 Å². The molecular weight excluding hydrogens is 246 g/mol.